The predicted molar refractivity (Wildman–Crippen MR) is 140 cm³/mol. The van der Waals surface area contributed by atoms with E-state index in [2.05, 4.69) is 26.2 Å². The number of imidazole rings is 1. The summed E-state index contributed by atoms with van der Waals surface area (Å²) in [6.07, 6.45) is 4.69. The summed E-state index contributed by atoms with van der Waals surface area (Å²) in [6.45, 7) is 2.43. The van der Waals surface area contributed by atoms with E-state index in [0.29, 0.717) is 23.6 Å². The number of carboxylic acid groups (broad SMARTS) is 1. The number of carbonyl (C=O) groups is 2. The van der Waals surface area contributed by atoms with E-state index in [4.69, 9.17) is 4.74 Å². The lowest BCUT2D eigenvalue weighted by Crippen LogP contribution is -2.14. The summed E-state index contributed by atoms with van der Waals surface area (Å²) in [5.41, 5.74) is 3.66. The Morgan fingerprint density at radius 2 is 1.94 bits per heavy atom. The third kappa shape index (κ3) is 5.96. The van der Waals surface area contributed by atoms with Gasteiger partial charge in [0, 0.05) is 21.8 Å². The molecule has 1 unspecified atom stereocenters. The van der Waals surface area contributed by atoms with Crippen molar-refractivity contribution in [3.8, 4) is 5.75 Å². The first-order chi connectivity index (χ1) is 16.9. The van der Waals surface area contributed by atoms with E-state index in [9.17, 15) is 14.7 Å². The van der Waals surface area contributed by atoms with Gasteiger partial charge in [-0.3, -0.25) is 9.59 Å². The molecule has 3 aromatic carbocycles. The number of aliphatic carboxylic acids is 1. The molecule has 0 aliphatic rings. The molecule has 1 amide bonds. The van der Waals surface area contributed by atoms with Crippen LogP contribution in [0.2, 0.25) is 0 Å². The number of carboxylic acids is 1. The van der Waals surface area contributed by atoms with Gasteiger partial charge in [0.15, 0.2) is 0 Å². The number of hydrogen-bond acceptors (Lipinski definition) is 4. The van der Waals surface area contributed by atoms with Crippen molar-refractivity contribution in [2.75, 3.05) is 11.9 Å². The average molecular weight is 534 g/mol. The van der Waals surface area contributed by atoms with Crippen molar-refractivity contribution in [2.45, 2.75) is 19.4 Å². The number of hydrogen-bond donors (Lipinski definition) is 2. The molecule has 0 saturated heterocycles. The Hall–Kier alpha value is -3.91. The van der Waals surface area contributed by atoms with Crippen molar-refractivity contribution in [3.05, 3.63) is 94.7 Å². The topological polar surface area (TPSA) is 93.5 Å². The fourth-order valence-electron chi connectivity index (χ4n) is 3.86. The van der Waals surface area contributed by atoms with Gasteiger partial charge in [0.05, 0.1) is 36.4 Å². The first-order valence-corrected chi connectivity index (χ1v) is 11.9. The molecule has 7 nitrogen and oxygen atoms in total. The SMILES string of the molecule is CCOc1ccc(Br)cc1/C=C/C(=O)Nc1ccc2ncn(C(CC(=O)O)c3ccccc3)c2c1. The van der Waals surface area contributed by atoms with Gasteiger partial charge in [0.25, 0.3) is 0 Å². The molecule has 8 heteroatoms. The molecule has 2 N–H and O–H groups in total. The summed E-state index contributed by atoms with van der Waals surface area (Å²) in [5.74, 6) is -0.521. The fourth-order valence-corrected chi connectivity index (χ4v) is 4.23. The number of aromatic nitrogens is 2. The maximum absolute atomic E-state index is 12.6. The summed E-state index contributed by atoms with van der Waals surface area (Å²) >= 11 is 3.44. The minimum absolute atomic E-state index is 0.0937. The van der Waals surface area contributed by atoms with Gasteiger partial charge in [-0.2, -0.15) is 0 Å². The molecule has 1 heterocycles. The number of benzene rings is 3. The van der Waals surface area contributed by atoms with Gasteiger partial charge >= 0.3 is 5.97 Å². The predicted octanol–water partition coefficient (Wildman–Crippen LogP) is 5.91. The molecule has 4 aromatic rings. The number of nitrogens with one attached hydrogen (secondary N) is 1. The van der Waals surface area contributed by atoms with E-state index in [-0.39, 0.29) is 12.3 Å². The Morgan fingerprint density at radius 3 is 2.69 bits per heavy atom. The number of halogens is 1. The fraction of sp³-hybridized carbons (Fsp3) is 0.148. The van der Waals surface area contributed by atoms with Crippen LogP contribution in [0.5, 0.6) is 5.75 Å². The molecule has 0 saturated carbocycles. The molecule has 4 rings (SSSR count). The Kier molecular flexibility index (Phi) is 7.62. The van der Waals surface area contributed by atoms with Crippen LogP contribution >= 0.6 is 15.9 Å². The van der Waals surface area contributed by atoms with Crippen LogP contribution in [0.15, 0.2) is 83.6 Å². The third-order valence-electron chi connectivity index (χ3n) is 5.42. The van der Waals surface area contributed by atoms with Gasteiger partial charge in [0.2, 0.25) is 5.91 Å². The van der Waals surface area contributed by atoms with Crippen LogP contribution in [-0.2, 0) is 9.59 Å². The van der Waals surface area contributed by atoms with Gasteiger partial charge in [-0.15, -0.1) is 0 Å². The second-order valence-corrected chi connectivity index (χ2v) is 8.73. The monoisotopic (exact) mass is 533 g/mol. The van der Waals surface area contributed by atoms with E-state index in [1.165, 1.54) is 6.08 Å². The van der Waals surface area contributed by atoms with Crippen LogP contribution in [0.25, 0.3) is 17.1 Å². The number of carbonyl (C=O) groups excluding carboxylic acids is 1. The Labute approximate surface area is 211 Å². The van der Waals surface area contributed by atoms with Crippen LogP contribution in [0.3, 0.4) is 0 Å². The van der Waals surface area contributed by atoms with Gasteiger partial charge in [-0.1, -0.05) is 46.3 Å². The smallest absolute Gasteiger partial charge is 0.305 e. The van der Waals surface area contributed by atoms with Gasteiger partial charge in [-0.05, 0) is 55.0 Å². The maximum Gasteiger partial charge on any atom is 0.305 e. The summed E-state index contributed by atoms with van der Waals surface area (Å²) in [4.78, 5) is 28.7. The van der Waals surface area contributed by atoms with Crippen LogP contribution < -0.4 is 10.1 Å². The highest BCUT2D eigenvalue weighted by atomic mass is 79.9. The van der Waals surface area contributed by atoms with Crippen LogP contribution in [0, 0.1) is 0 Å². The number of ether oxygens (including phenoxy) is 1. The van der Waals surface area contributed by atoms with Gasteiger partial charge in [0.1, 0.15) is 5.75 Å². The zero-order valence-electron chi connectivity index (χ0n) is 19.0. The van der Waals surface area contributed by atoms with Crippen molar-refractivity contribution in [1.29, 1.82) is 0 Å². The third-order valence-corrected chi connectivity index (χ3v) is 5.91. The largest absolute Gasteiger partial charge is 0.493 e. The molecule has 0 aliphatic carbocycles. The molecule has 35 heavy (non-hydrogen) atoms. The van der Waals surface area contributed by atoms with Crippen molar-refractivity contribution in [1.82, 2.24) is 9.55 Å². The summed E-state index contributed by atoms with van der Waals surface area (Å²) < 4.78 is 8.34. The summed E-state index contributed by atoms with van der Waals surface area (Å²) in [5, 5.41) is 12.4. The Morgan fingerprint density at radius 1 is 1.14 bits per heavy atom. The molecule has 0 bridgehead atoms. The van der Waals surface area contributed by atoms with E-state index in [1.807, 2.05) is 60.0 Å². The first kappa shape index (κ1) is 24.2. The Balaban J connectivity index is 1.59. The summed E-state index contributed by atoms with van der Waals surface area (Å²) in [6, 6.07) is 20.0. The second kappa shape index (κ2) is 11.0. The first-order valence-electron chi connectivity index (χ1n) is 11.1. The molecule has 0 spiro atoms. The average Bonchev–Trinajstić information content (AvgIpc) is 3.26. The van der Waals surface area contributed by atoms with Crippen LogP contribution in [-0.4, -0.2) is 33.1 Å². The standard InChI is InChI=1S/C27H24BrN3O4/c1-2-35-25-12-9-20(28)14-19(25)8-13-26(32)30-21-10-11-22-24(15-21)31(17-29-22)23(16-27(33)34)18-6-4-3-5-7-18/h3-15,17,23H,2,16H2,1H3,(H,30,32)(H,33,34)/b13-8+. The lowest BCUT2D eigenvalue weighted by Gasteiger charge is -2.18. The number of rotatable bonds is 9. The molecule has 0 aliphatic heterocycles. The van der Waals surface area contributed by atoms with Crippen LogP contribution in [0.4, 0.5) is 5.69 Å². The number of nitrogens with zero attached hydrogens (tertiary/aromatic N) is 2. The highest BCUT2D eigenvalue weighted by Crippen LogP contribution is 2.28. The minimum Gasteiger partial charge on any atom is -0.493 e. The van der Waals surface area contributed by atoms with E-state index >= 15 is 0 Å². The maximum atomic E-state index is 12.6. The van der Waals surface area contributed by atoms with Crippen molar-refractivity contribution < 1.29 is 19.4 Å². The number of anilines is 1. The van der Waals surface area contributed by atoms with Crippen LogP contribution in [0.1, 0.15) is 30.5 Å². The number of amides is 1. The molecule has 0 radical (unpaired) electrons. The van der Waals surface area contributed by atoms with Crippen molar-refractivity contribution >= 4 is 50.6 Å². The van der Waals surface area contributed by atoms with E-state index in [0.717, 1.165) is 21.1 Å². The molecular weight excluding hydrogens is 510 g/mol. The van der Waals surface area contributed by atoms with Crippen molar-refractivity contribution in [2.24, 2.45) is 0 Å². The normalized spacial score (nSPS) is 12.1. The van der Waals surface area contributed by atoms with E-state index in [1.54, 1.807) is 30.6 Å². The quantitative estimate of drug-likeness (QED) is 0.260. The van der Waals surface area contributed by atoms with Crippen molar-refractivity contribution in [3.63, 3.8) is 0 Å². The molecule has 1 atom stereocenters. The van der Waals surface area contributed by atoms with E-state index < -0.39 is 12.0 Å². The molecular formula is C27H24BrN3O4. The molecule has 1 aromatic heterocycles. The highest BCUT2D eigenvalue weighted by molar-refractivity contribution is 9.10. The zero-order valence-corrected chi connectivity index (χ0v) is 20.6. The summed E-state index contributed by atoms with van der Waals surface area (Å²) in [7, 11) is 0. The number of fused-ring (bicyclic) bond motifs is 1. The van der Waals surface area contributed by atoms with Gasteiger partial charge < -0.3 is 19.7 Å². The lowest BCUT2D eigenvalue weighted by molar-refractivity contribution is -0.137. The Bertz CT molecular complexity index is 1380. The van der Waals surface area contributed by atoms with Gasteiger partial charge in [-0.25, -0.2) is 4.98 Å². The minimum atomic E-state index is -0.908. The molecule has 0 fully saturated rings. The highest BCUT2D eigenvalue weighted by Gasteiger charge is 2.20. The molecule has 178 valence electrons. The lowest BCUT2D eigenvalue weighted by atomic mass is 10.0. The second-order valence-electron chi connectivity index (χ2n) is 7.82. The zero-order chi connectivity index (χ0) is 24.8.